The van der Waals surface area contributed by atoms with Gasteiger partial charge in [-0.05, 0) is 38.8 Å². The minimum atomic E-state index is 0.331. The number of hydrogen-bond acceptors (Lipinski definition) is 3. The van der Waals surface area contributed by atoms with E-state index in [1.54, 1.807) is 0 Å². The molecule has 1 fully saturated rings. The van der Waals surface area contributed by atoms with Crippen molar-refractivity contribution in [3.8, 4) is 0 Å². The highest BCUT2D eigenvalue weighted by Crippen LogP contribution is 2.19. The predicted molar refractivity (Wildman–Crippen MR) is 62.2 cm³/mol. The van der Waals surface area contributed by atoms with E-state index in [-0.39, 0.29) is 0 Å². The van der Waals surface area contributed by atoms with Crippen LogP contribution in [0.25, 0.3) is 0 Å². The Bertz CT molecular complexity index is 191. The third-order valence-electron chi connectivity index (χ3n) is 3.03. The third kappa shape index (κ3) is 3.52. The Balaban J connectivity index is 2.30. The summed E-state index contributed by atoms with van der Waals surface area (Å²) in [6, 6.07) is 0.451. The summed E-state index contributed by atoms with van der Waals surface area (Å²) in [7, 11) is 0. The minimum absolute atomic E-state index is 0.331. The lowest BCUT2D eigenvalue weighted by Gasteiger charge is -2.35. The van der Waals surface area contributed by atoms with Crippen LogP contribution in [0.4, 0.5) is 0 Å². The number of rotatable bonds is 4. The van der Waals surface area contributed by atoms with Gasteiger partial charge in [0.25, 0.3) is 0 Å². The Kier molecular flexibility index (Phi) is 4.78. The zero-order valence-electron chi connectivity index (χ0n) is 8.78. The molecule has 0 bridgehead atoms. The molecule has 1 heterocycles. The van der Waals surface area contributed by atoms with E-state index in [4.69, 9.17) is 23.1 Å². The zero-order valence-corrected chi connectivity index (χ0v) is 9.59. The second kappa shape index (κ2) is 5.63. The number of piperidine rings is 1. The number of aliphatic hydroxyl groups excluding tert-OH is 1. The molecular weight excluding hydrogens is 196 g/mol. The van der Waals surface area contributed by atoms with Crippen LogP contribution in [0.1, 0.15) is 26.2 Å². The maximum Gasteiger partial charge on any atom is 0.0742 e. The molecule has 1 aliphatic rings. The molecule has 0 saturated carbocycles. The van der Waals surface area contributed by atoms with Crippen molar-refractivity contribution in [3.63, 3.8) is 0 Å². The van der Waals surface area contributed by atoms with Crippen molar-refractivity contribution < 1.29 is 5.11 Å². The molecule has 4 heteroatoms. The molecule has 3 nitrogen and oxygen atoms in total. The average molecular weight is 216 g/mol. The monoisotopic (exact) mass is 216 g/mol. The quantitative estimate of drug-likeness (QED) is 0.681. The molecule has 0 spiro atoms. The summed E-state index contributed by atoms with van der Waals surface area (Å²) in [5.41, 5.74) is 5.52. The minimum Gasteiger partial charge on any atom is -0.396 e. The summed E-state index contributed by atoms with van der Waals surface area (Å²) in [5, 5.41) is 9.00. The van der Waals surface area contributed by atoms with Gasteiger partial charge in [0.05, 0.1) is 4.99 Å². The first kappa shape index (κ1) is 11.9. The lowest BCUT2D eigenvalue weighted by atomic mass is 9.96. The highest BCUT2D eigenvalue weighted by Gasteiger charge is 2.22. The van der Waals surface area contributed by atoms with E-state index in [1.807, 2.05) is 0 Å². The number of thiocarbonyl (C=S) groups is 1. The molecule has 0 aromatic heterocycles. The number of likely N-dealkylation sites (tertiary alicyclic amines) is 1. The van der Waals surface area contributed by atoms with E-state index in [1.165, 1.54) is 0 Å². The van der Waals surface area contributed by atoms with Crippen LogP contribution >= 0.6 is 12.2 Å². The fourth-order valence-electron chi connectivity index (χ4n) is 2.00. The van der Waals surface area contributed by atoms with Gasteiger partial charge in [-0.1, -0.05) is 12.2 Å². The number of nitrogens with zero attached hydrogens (tertiary/aromatic N) is 1. The van der Waals surface area contributed by atoms with Crippen LogP contribution in [0.3, 0.4) is 0 Å². The van der Waals surface area contributed by atoms with Crippen LogP contribution in [0, 0.1) is 5.92 Å². The van der Waals surface area contributed by atoms with Crippen molar-refractivity contribution in [2.45, 2.75) is 32.2 Å². The molecule has 1 rings (SSSR count). The summed E-state index contributed by atoms with van der Waals surface area (Å²) in [6.45, 7) is 4.62. The summed E-state index contributed by atoms with van der Waals surface area (Å²) in [4.78, 5) is 3.01. The standard InChI is InChI=1S/C10H20N2OS/c1-8(6-10(11)14)12-4-2-9(7-13)3-5-12/h8-9,13H,2-7H2,1H3,(H2,11,14). The first-order valence-corrected chi connectivity index (χ1v) is 5.67. The van der Waals surface area contributed by atoms with Gasteiger partial charge < -0.3 is 15.7 Å². The first-order chi connectivity index (χ1) is 6.63. The predicted octanol–water partition coefficient (Wildman–Crippen LogP) is 0.755. The lowest BCUT2D eigenvalue weighted by molar-refractivity contribution is 0.108. The highest BCUT2D eigenvalue weighted by molar-refractivity contribution is 7.80. The molecule has 0 aromatic rings. The smallest absolute Gasteiger partial charge is 0.0742 e. The van der Waals surface area contributed by atoms with E-state index < -0.39 is 0 Å². The summed E-state index contributed by atoms with van der Waals surface area (Å²) < 4.78 is 0. The van der Waals surface area contributed by atoms with Crippen LogP contribution in [0.15, 0.2) is 0 Å². The largest absolute Gasteiger partial charge is 0.396 e. The van der Waals surface area contributed by atoms with Crippen molar-refractivity contribution in [3.05, 3.63) is 0 Å². The molecular formula is C10H20N2OS. The first-order valence-electron chi connectivity index (χ1n) is 5.26. The van der Waals surface area contributed by atoms with E-state index in [0.29, 0.717) is 23.6 Å². The topological polar surface area (TPSA) is 49.5 Å². The summed E-state index contributed by atoms with van der Waals surface area (Å²) in [5.74, 6) is 0.503. The fraction of sp³-hybridized carbons (Fsp3) is 0.900. The molecule has 0 aromatic carbocycles. The molecule has 1 unspecified atom stereocenters. The molecule has 82 valence electrons. The van der Waals surface area contributed by atoms with E-state index in [0.717, 1.165) is 32.4 Å². The molecule has 0 amide bonds. The van der Waals surface area contributed by atoms with Gasteiger partial charge in [-0.2, -0.15) is 0 Å². The van der Waals surface area contributed by atoms with Crippen LogP contribution < -0.4 is 5.73 Å². The van der Waals surface area contributed by atoms with E-state index in [2.05, 4.69) is 11.8 Å². The molecule has 1 atom stereocenters. The fourth-order valence-corrected chi connectivity index (χ4v) is 2.24. The van der Waals surface area contributed by atoms with Crippen molar-refractivity contribution >= 4 is 17.2 Å². The van der Waals surface area contributed by atoms with Crippen molar-refractivity contribution in [1.29, 1.82) is 0 Å². The SMILES string of the molecule is CC(CC(N)=S)N1CCC(CO)CC1. The average Bonchev–Trinajstić information content (AvgIpc) is 2.17. The van der Waals surface area contributed by atoms with E-state index in [9.17, 15) is 0 Å². The molecule has 1 saturated heterocycles. The highest BCUT2D eigenvalue weighted by atomic mass is 32.1. The number of aliphatic hydroxyl groups is 1. The second-order valence-corrected chi connectivity index (χ2v) is 4.71. The molecule has 0 radical (unpaired) electrons. The normalized spacial score (nSPS) is 22.1. The maximum atomic E-state index is 9.00. The Morgan fingerprint density at radius 2 is 2.14 bits per heavy atom. The Morgan fingerprint density at radius 1 is 1.57 bits per heavy atom. The van der Waals surface area contributed by atoms with Gasteiger partial charge in [-0.15, -0.1) is 0 Å². The third-order valence-corrected chi connectivity index (χ3v) is 3.19. The summed E-state index contributed by atoms with van der Waals surface area (Å²) >= 11 is 4.90. The van der Waals surface area contributed by atoms with Gasteiger partial charge in [-0.3, -0.25) is 0 Å². The van der Waals surface area contributed by atoms with Crippen molar-refractivity contribution in [2.75, 3.05) is 19.7 Å². The molecule has 14 heavy (non-hydrogen) atoms. The van der Waals surface area contributed by atoms with Gasteiger partial charge >= 0.3 is 0 Å². The Morgan fingerprint density at radius 3 is 2.57 bits per heavy atom. The van der Waals surface area contributed by atoms with Crippen molar-refractivity contribution in [2.24, 2.45) is 11.7 Å². The van der Waals surface area contributed by atoms with Crippen LogP contribution in [-0.4, -0.2) is 40.7 Å². The van der Waals surface area contributed by atoms with Gasteiger partial charge in [0.2, 0.25) is 0 Å². The van der Waals surface area contributed by atoms with Crippen LogP contribution in [-0.2, 0) is 0 Å². The molecule has 1 aliphatic heterocycles. The second-order valence-electron chi connectivity index (χ2n) is 4.18. The maximum absolute atomic E-state index is 9.00. The van der Waals surface area contributed by atoms with Crippen molar-refractivity contribution in [1.82, 2.24) is 4.90 Å². The molecule has 0 aliphatic carbocycles. The van der Waals surface area contributed by atoms with Crippen LogP contribution in [0.2, 0.25) is 0 Å². The zero-order chi connectivity index (χ0) is 10.6. The van der Waals surface area contributed by atoms with Crippen LogP contribution in [0.5, 0.6) is 0 Å². The van der Waals surface area contributed by atoms with Gasteiger partial charge in [-0.25, -0.2) is 0 Å². The number of hydrogen-bond donors (Lipinski definition) is 2. The van der Waals surface area contributed by atoms with Gasteiger partial charge in [0.15, 0.2) is 0 Å². The van der Waals surface area contributed by atoms with E-state index >= 15 is 0 Å². The Hall–Kier alpha value is -0.190. The summed E-state index contributed by atoms with van der Waals surface area (Å²) in [6.07, 6.45) is 3.00. The Labute approximate surface area is 91.3 Å². The number of nitrogens with two attached hydrogens (primary N) is 1. The van der Waals surface area contributed by atoms with Gasteiger partial charge in [0.1, 0.15) is 0 Å². The molecule has 3 N–H and O–H groups in total. The lowest BCUT2D eigenvalue weighted by Crippen LogP contribution is -2.42. The van der Waals surface area contributed by atoms with Gasteiger partial charge in [0, 0.05) is 19.1 Å².